The molecule has 0 radical (unpaired) electrons. The Labute approximate surface area is 180 Å². The summed E-state index contributed by atoms with van der Waals surface area (Å²) in [6, 6.07) is 12.9. The molecule has 6 nitrogen and oxygen atoms in total. The van der Waals surface area contributed by atoms with E-state index < -0.39 is 10.0 Å². The van der Waals surface area contributed by atoms with Crippen molar-refractivity contribution in [1.82, 2.24) is 9.21 Å². The lowest BCUT2D eigenvalue weighted by Crippen LogP contribution is -2.35. The number of sulfonamides is 1. The largest absolute Gasteiger partial charge is 0.311 e. The molecule has 1 fully saturated rings. The number of hydrogen-bond donors (Lipinski definition) is 0. The van der Waals surface area contributed by atoms with Crippen molar-refractivity contribution in [1.29, 1.82) is 0 Å². The van der Waals surface area contributed by atoms with E-state index in [1.54, 1.807) is 51.9 Å². The SMILES string of the molecule is CN1C(=O)c2cccc3c(S(=O)(=O)N4CCCN(Cc5cccs5)CC4)ccc1c23. The van der Waals surface area contributed by atoms with Gasteiger partial charge in [0.25, 0.3) is 5.91 Å². The standard InChI is InChI=1S/C22H23N3O3S2/c1-23-19-8-9-20(17-6-2-7-18(21(17)19)22(23)26)30(27,28)25-11-4-10-24(12-13-25)15-16-5-3-14-29-16/h2-3,5-9,14H,4,10-13,15H2,1H3. The summed E-state index contributed by atoms with van der Waals surface area (Å²) in [5.41, 5.74) is 1.34. The number of carbonyl (C=O) groups excluding carboxylic acids is 1. The highest BCUT2D eigenvalue weighted by molar-refractivity contribution is 7.89. The minimum atomic E-state index is -3.66. The highest BCUT2D eigenvalue weighted by Crippen LogP contribution is 2.40. The molecule has 0 atom stereocenters. The number of rotatable bonds is 4. The van der Waals surface area contributed by atoms with Gasteiger partial charge in [-0.2, -0.15) is 4.31 Å². The fourth-order valence-corrected chi connectivity index (χ4v) is 6.85. The first-order chi connectivity index (χ1) is 14.5. The van der Waals surface area contributed by atoms with Crippen LogP contribution in [-0.4, -0.2) is 56.8 Å². The zero-order valence-corrected chi connectivity index (χ0v) is 18.4. The van der Waals surface area contributed by atoms with E-state index in [-0.39, 0.29) is 10.8 Å². The molecule has 0 bridgehead atoms. The van der Waals surface area contributed by atoms with Crippen molar-refractivity contribution in [2.24, 2.45) is 0 Å². The second-order valence-electron chi connectivity index (χ2n) is 7.79. The average Bonchev–Trinajstić information content (AvgIpc) is 3.24. The van der Waals surface area contributed by atoms with E-state index in [4.69, 9.17) is 0 Å². The maximum Gasteiger partial charge on any atom is 0.258 e. The molecular weight excluding hydrogens is 418 g/mol. The Morgan fingerprint density at radius 1 is 1.00 bits per heavy atom. The predicted octanol–water partition coefficient (Wildman–Crippen LogP) is 3.39. The summed E-state index contributed by atoms with van der Waals surface area (Å²) in [6.45, 7) is 3.42. The highest BCUT2D eigenvalue weighted by atomic mass is 32.2. The third-order valence-electron chi connectivity index (χ3n) is 6.00. The van der Waals surface area contributed by atoms with E-state index >= 15 is 0 Å². The lowest BCUT2D eigenvalue weighted by Gasteiger charge is -2.22. The quantitative estimate of drug-likeness (QED) is 0.623. The first-order valence-corrected chi connectivity index (χ1v) is 12.4. The van der Waals surface area contributed by atoms with Gasteiger partial charge in [-0.15, -0.1) is 11.3 Å². The number of thiophene rings is 1. The van der Waals surface area contributed by atoms with Crippen molar-refractivity contribution in [3.63, 3.8) is 0 Å². The molecule has 5 rings (SSSR count). The van der Waals surface area contributed by atoms with Gasteiger partial charge in [-0.1, -0.05) is 18.2 Å². The van der Waals surface area contributed by atoms with Crippen LogP contribution in [0.15, 0.2) is 52.7 Å². The van der Waals surface area contributed by atoms with E-state index in [0.29, 0.717) is 30.6 Å². The number of nitrogens with zero attached hydrogens (tertiary/aromatic N) is 3. The molecule has 0 saturated carbocycles. The van der Waals surface area contributed by atoms with Crippen molar-refractivity contribution >= 4 is 43.7 Å². The molecule has 1 aromatic heterocycles. The van der Waals surface area contributed by atoms with E-state index in [1.165, 1.54) is 4.88 Å². The van der Waals surface area contributed by atoms with Crippen LogP contribution < -0.4 is 4.90 Å². The summed E-state index contributed by atoms with van der Waals surface area (Å²) in [7, 11) is -1.93. The predicted molar refractivity (Wildman–Crippen MR) is 120 cm³/mol. The van der Waals surface area contributed by atoms with E-state index in [9.17, 15) is 13.2 Å². The highest BCUT2D eigenvalue weighted by Gasteiger charge is 2.33. The molecule has 0 N–H and O–H groups in total. The van der Waals surface area contributed by atoms with Crippen molar-refractivity contribution < 1.29 is 13.2 Å². The molecular formula is C22H23N3O3S2. The fraction of sp³-hybridized carbons (Fsp3) is 0.318. The van der Waals surface area contributed by atoms with E-state index in [0.717, 1.165) is 30.6 Å². The van der Waals surface area contributed by atoms with Crippen LogP contribution >= 0.6 is 11.3 Å². The summed E-state index contributed by atoms with van der Waals surface area (Å²) >= 11 is 1.73. The lowest BCUT2D eigenvalue weighted by atomic mass is 10.1. The Morgan fingerprint density at radius 3 is 2.67 bits per heavy atom. The first-order valence-electron chi connectivity index (χ1n) is 10.1. The van der Waals surface area contributed by atoms with Crippen molar-refractivity contribution in [3.05, 3.63) is 58.3 Å². The summed E-state index contributed by atoms with van der Waals surface area (Å²) in [5.74, 6) is -0.0934. The zero-order chi connectivity index (χ0) is 20.9. The van der Waals surface area contributed by atoms with Gasteiger partial charge < -0.3 is 4.90 Å². The smallest absolute Gasteiger partial charge is 0.258 e. The Hall–Kier alpha value is -2.26. The van der Waals surface area contributed by atoms with Gasteiger partial charge in [0.2, 0.25) is 10.0 Å². The normalized spacial score (nSPS) is 18.3. The van der Waals surface area contributed by atoms with E-state index in [1.807, 2.05) is 12.1 Å². The minimum absolute atomic E-state index is 0.0934. The summed E-state index contributed by atoms with van der Waals surface area (Å²) in [6.07, 6.45) is 0.799. The fourth-order valence-electron chi connectivity index (χ4n) is 4.44. The maximum atomic E-state index is 13.6. The number of anilines is 1. The minimum Gasteiger partial charge on any atom is -0.311 e. The monoisotopic (exact) mass is 441 g/mol. The summed E-state index contributed by atoms with van der Waals surface area (Å²) < 4.78 is 28.8. The van der Waals surface area contributed by atoms with Crippen molar-refractivity contribution in [2.75, 3.05) is 38.1 Å². The Balaban J connectivity index is 1.46. The Morgan fingerprint density at radius 2 is 1.87 bits per heavy atom. The van der Waals surface area contributed by atoms with Crippen LogP contribution in [-0.2, 0) is 16.6 Å². The molecule has 1 saturated heterocycles. The Bertz CT molecular complexity index is 1220. The topological polar surface area (TPSA) is 60.9 Å². The summed E-state index contributed by atoms with van der Waals surface area (Å²) in [5, 5.41) is 3.43. The van der Waals surface area contributed by atoms with Crippen molar-refractivity contribution in [2.45, 2.75) is 17.9 Å². The molecule has 2 aliphatic rings. The van der Waals surface area contributed by atoms with Crippen molar-refractivity contribution in [3.8, 4) is 0 Å². The second-order valence-corrected chi connectivity index (χ2v) is 10.7. The number of benzene rings is 2. The van der Waals surface area contributed by atoms with Crippen LogP contribution in [0.1, 0.15) is 21.7 Å². The molecule has 1 amide bonds. The molecule has 2 aromatic carbocycles. The van der Waals surface area contributed by atoms with Crippen LogP contribution in [0.3, 0.4) is 0 Å². The number of amides is 1. The zero-order valence-electron chi connectivity index (χ0n) is 16.7. The van der Waals surface area contributed by atoms with Gasteiger partial charge in [-0.3, -0.25) is 9.69 Å². The molecule has 0 aliphatic carbocycles. The van der Waals surface area contributed by atoms with Crippen LogP contribution in [0.25, 0.3) is 10.8 Å². The van der Waals surface area contributed by atoms with Gasteiger partial charge >= 0.3 is 0 Å². The molecule has 156 valence electrons. The van der Waals surface area contributed by atoms with Gasteiger partial charge in [0.05, 0.1) is 10.6 Å². The Kier molecular flexibility index (Phi) is 4.89. The van der Waals surface area contributed by atoms with E-state index in [2.05, 4.69) is 16.3 Å². The molecule has 2 aliphatic heterocycles. The molecule has 0 spiro atoms. The maximum absolute atomic E-state index is 13.6. The van der Waals surface area contributed by atoms with Crippen LogP contribution in [0.2, 0.25) is 0 Å². The third-order valence-corrected chi connectivity index (χ3v) is 8.82. The molecule has 3 heterocycles. The number of hydrogen-bond acceptors (Lipinski definition) is 5. The third kappa shape index (κ3) is 3.15. The second kappa shape index (κ2) is 7.46. The molecule has 3 aromatic rings. The van der Waals surface area contributed by atoms with Crippen LogP contribution in [0.4, 0.5) is 5.69 Å². The molecule has 30 heavy (non-hydrogen) atoms. The van der Waals surface area contributed by atoms with Gasteiger partial charge in [0.1, 0.15) is 0 Å². The van der Waals surface area contributed by atoms with Gasteiger partial charge in [-0.25, -0.2) is 8.42 Å². The first kappa shape index (κ1) is 19.7. The summed E-state index contributed by atoms with van der Waals surface area (Å²) in [4.78, 5) is 18.0. The molecule has 0 unspecified atom stereocenters. The average molecular weight is 442 g/mol. The number of carbonyl (C=O) groups is 1. The van der Waals surface area contributed by atoms with Gasteiger partial charge in [0.15, 0.2) is 0 Å². The van der Waals surface area contributed by atoms with Crippen LogP contribution in [0, 0.1) is 0 Å². The van der Waals surface area contributed by atoms with Crippen LogP contribution in [0.5, 0.6) is 0 Å². The molecule has 8 heteroatoms. The van der Waals surface area contributed by atoms with Gasteiger partial charge in [-0.05, 0) is 42.6 Å². The lowest BCUT2D eigenvalue weighted by molar-refractivity contribution is 0.0999. The van der Waals surface area contributed by atoms with Gasteiger partial charge in [0, 0.05) is 54.4 Å².